The van der Waals surface area contributed by atoms with E-state index in [4.69, 9.17) is 0 Å². The number of nitrogens with one attached hydrogen (secondary N) is 1. The van der Waals surface area contributed by atoms with Crippen molar-refractivity contribution in [2.45, 2.75) is 19.4 Å². The fraction of sp³-hybridized carbons (Fsp3) is 0.308. The predicted molar refractivity (Wildman–Crippen MR) is 67.5 cm³/mol. The highest BCUT2D eigenvalue weighted by Crippen LogP contribution is 1.99. The molecule has 0 aliphatic heterocycles. The molecule has 0 saturated heterocycles. The first-order valence-corrected chi connectivity index (χ1v) is 5.57. The molecule has 5 nitrogen and oxygen atoms in total. The van der Waals surface area contributed by atoms with Crippen LogP contribution in [-0.4, -0.2) is 30.0 Å². The zero-order valence-corrected chi connectivity index (χ0v) is 10.4. The molecule has 0 spiro atoms. The molecule has 0 aromatic carbocycles. The fourth-order valence-corrected chi connectivity index (χ4v) is 1.32. The lowest BCUT2D eigenvalue weighted by Crippen LogP contribution is -2.33. The third kappa shape index (κ3) is 5.25. The Kier molecular flexibility index (Phi) is 5.57. The van der Waals surface area contributed by atoms with Crippen LogP contribution in [0.5, 0.6) is 0 Å². The number of carbonyl (C=O) groups excluding carboxylic acids is 2. The largest absolute Gasteiger partial charge is 0.469 e. The number of nitrogens with zero attached hydrogens (tertiary/aromatic N) is 1. The second-order valence-corrected chi connectivity index (χ2v) is 3.80. The van der Waals surface area contributed by atoms with E-state index in [2.05, 4.69) is 15.0 Å². The summed E-state index contributed by atoms with van der Waals surface area (Å²) in [6.45, 7) is 1.75. The second kappa shape index (κ2) is 7.21. The molecule has 1 unspecified atom stereocenters. The van der Waals surface area contributed by atoms with Crippen LogP contribution >= 0.6 is 0 Å². The van der Waals surface area contributed by atoms with E-state index in [0.717, 1.165) is 5.56 Å². The maximum Gasteiger partial charge on any atom is 0.307 e. The van der Waals surface area contributed by atoms with E-state index in [0.29, 0.717) is 0 Å². The average molecular weight is 248 g/mol. The maximum atomic E-state index is 11.5. The van der Waals surface area contributed by atoms with Crippen LogP contribution in [-0.2, 0) is 14.3 Å². The molecule has 18 heavy (non-hydrogen) atoms. The highest BCUT2D eigenvalue weighted by Gasteiger charge is 2.10. The van der Waals surface area contributed by atoms with Crippen molar-refractivity contribution in [1.82, 2.24) is 10.3 Å². The summed E-state index contributed by atoms with van der Waals surface area (Å²) in [4.78, 5) is 26.4. The van der Waals surface area contributed by atoms with Gasteiger partial charge in [-0.3, -0.25) is 14.6 Å². The van der Waals surface area contributed by atoms with Gasteiger partial charge < -0.3 is 10.1 Å². The van der Waals surface area contributed by atoms with Crippen LogP contribution in [0.1, 0.15) is 18.9 Å². The van der Waals surface area contributed by atoms with Crippen LogP contribution in [0, 0.1) is 0 Å². The van der Waals surface area contributed by atoms with E-state index in [9.17, 15) is 9.59 Å². The number of aromatic nitrogens is 1. The number of hydrogen-bond donors (Lipinski definition) is 1. The topological polar surface area (TPSA) is 68.3 Å². The quantitative estimate of drug-likeness (QED) is 0.627. The standard InChI is InChI=1S/C13H16N2O3/c1-10(9-13(17)18-2)15-12(16)4-3-11-5-7-14-8-6-11/h3-8,10H,9H2,1-2H3,(H,15,16). The number of rotatable bonds is 5. The molecule has 0 fully saturated rings. The van der Waals surface area contributed by atoms with Gasteiger partial charge in [0.25, 0.3) is 0 Å². The fourth-order valence-electron chi connectivity index (χ4n) is 1.32. The molecule has 1 atom stereocenters. The smallest absolute Gasteiger partial charge is 0.307 e. The van der Waals surface area contributed by atoms with Gasteiger partial charge in [-0.05, 0) is 30.7 Å². The second-order valence-electron chi connectivity index (χ2n) is 3.80. The Hall–Kier alpha value is -2.17. The van der Waals surface area contributed by atoms with Gasteiger partial charge in [0.1, 0.15) is 0 Å². The highest BCUT2D eigenvalue weighted by atomic mass is 16.5. The third-order valence-corrected chi connectivity index (χ3v) is 2.22. The monoisotopic (exact) mass is 248 g/mol. The van der Waals surface area contributed by atoms with E-state index < -0.39 is 0 Å². The molecule has 96 valence electrons. The molecule has 1 amide bonds. The maximum absolute atomic E-state index is 11.5. The van der Waals surface area contributed by atoms with Gasteiger partial charge in [0.05, 0.1) is 13.5 Å². The van der Waals surface area contributed by atoms with E-state index in [1.807, 2.05) is 0 Å². The van der Waals surface area contributed by atoms with E-state index in [1.54, 1.807) is 37.5 Å². The normalized spacial score (nSPS) is 12.1. The van der Waals surface area contributed by atoms with Crippen LogP contribution < -0.4 is 5.32 Å². The van der Waals surface area contributed by atoms with Gasteiger partial charge in [0.2, 0.25) is 5.91 Å². The molecular weight excluding hydrogens is 232 g/mol. The zero-order valence-electron chi connectivity index (χ0n) is 10.4. The summed E-state index contributed by atoms with van der Waals surface area (Å²) < 4.78 is 4.52. The van der Waals surface area contributed by atoms with Gasteiger partial charge in [0.15, 0.2) is 0 Å². The molecule has 5 heteroatoms. The Labute approximate surface area is 106 Å². The number of esters is 1. The van der Waals surface area contributed by atoms with Crippen molar-refractivity contribution >= 4 is 18.0 Å². The van der Waals surface area contributed by atoms with Crippen LogP contribution in [0.25, 0.3) is 6.08 Å². The van der Waals surface area contributed by atoms with Crippen LogP contribution in [0.2, 0.25) is 0 Å². The summed E-state index contributed by atoms with van der Waals surface area (Å²) in [5.74, 6) is -0.593. The molecule has 0 radical (unpaired) electrons. The SMILES string of the molecule is COC(=O)CC(C)NC(=O)C=Cc1ccncc1. The van der Waals surface area contributed by atoms with Gasteiger partial charge >= 0.3 is 5.97 Å². The Balaban J connectivity index is 2.42. The summed E-state index contributed by atoms with van der Waals surface area (Å²) in [7, 11) is 1.32. The van der Waals surface area contributed by atoms with Gasteiger partial charge in [-0.15, -0.1) is 0 Å². The molecule has 1 aromatic rings. The third-order valence-electron chi connectivity index (χ3n) is 2.22. The molecule has 0 aliphatic rings. The molecule has 1 heterocycles. The van der Waals surface area contributed by atoms with Gasteiger partial charge in [0, 0.05) is 24.5 Å². The molecular formula is C13H16N2O3. The Morgan fingerprint density at radius 3 is 2.72 bits per heavy atom. The van der Waals surface area contributed by atoms with Crippen LogP contribution in [0.3, 0.4) is 0 Å². The van der Waals surface area contributed by atoms with Crippen molar-refractivity contribution in [1.29, 1.82) is 0 Å². The minimum absolute atomic E-state index is 0.158. The number of ether oxygens (including phenoxy) is 1. The number of methoxy groups -OCH3 is 1. The number of pyridine rings is 1. The predicted octanol–water partition coefficient (Wildman–Crippen LogP) is 1.16. The lowest BCUT2D eigenvalue weighted by atomic mass is 10.2. The molecule has 0 bridgehead atoms. The summed E-state index contributed by atoms with van der Waals surface area (Å²) in [6, 6.07) is 3.33. The minimum Gasteiger partial charge on any atom is -0.469 e. The van der Waals surface area contributed by atoms with Crippen LogP contribution in [0.4, 0.5) is 0 Å². The summed E-state index contributed by atoms with van der Waals surface area (Å²) >= 11 is 0. The minimum atomic E-state index is -0.346. The number of carbonyl (C=O) groups is 2. The highest BCUT2D eigenvalue weighted by molar-refractivity contribution is 5.92. The van der Waals surface area contributed by atoms with E-state index >= 15 is 0 Å². The van der Waals surface area contributed by atoms with Crippen LogP contribution in [0.15, 0.2) is 30.6 Å². The van der Waals surface area contributed by atoms with E-state index in [1.165, 1.54) is 13.2 Å². The first-order valence-electron chi connectivity index (χ1n) is 5.57. The summed E-state index contributed by atoms with van der Waals surface area (Å²) in [5, 5.41) is 2.67. The molecule has 1 aromatic heterocycles. The summed E-state index contributed by atoms with van der Waals surface area (Å²) in [5.41, 5.74) is 0.890. The van der Waals surface area contributed by atoms with Crippen molar-refractivity contribution < 1.29 is 14.3 Å². The Morgan fingerprint density at radius 2 is 2.11 bits per heavy atom. The lowest BCUT2D eigenvalue weighted by molar-refractivity contribution is -0.141. The molecule has 1 N–H and O–H groups in total. The van der Waals surface area contributed by atoms with Gasteiger partial charge in [-0.25, -0.2) is 0 Å². The van der Waals surface area contributed by atoms with Crippen molar-refractivity contribution in [3.05, 3.63) is 36.2 Å². The lowest BCUT2D eigenvalue weighted by Gasteiger charge is -2.10. The number of amides is 1. The Bertz CT molecular complexity index is 429. The van der Waals surface area contributed by atoms with Crippen molar-refractivity contribution in [2.75, 3.05) is 7.11 Å². The van der Waals surface area contributed by atoms with Crippen molar-refractivity contribution in [2.24, 2.45) is 0 Å². The molecule has 1 rings (SSSR count). The van der Waals surface area contributed by atoms with E-state index in [-0.39, 0.29) is 24.3 Å². The van der Waals surface area contributed by atoms with Gasteiger partial charge in [-0.1, -0.05) is 0 Å². The average Bonchev–Trinajstić information content (AvgIpc) is 2.37. The van der Waals surface area contributed by atoms with Crippen molar-refractivity contribution in [3.8, 4) is 0 Å². The Morgan fingerprint density at radius 1 is 1.44 bits per heavy atom. The first kappa shape index (κ1) is 13.9. The zero-order chi connectivity index (χ0) is 13.4. The van der Waals surface area contributed by atoms with Crippen molar-refractivity contribution in [3.63, 3.8) is 0 Å². The number of hydrogen-bond acceptors (Lipinski definition) is 4. The molecule has 0 saturated carbocycles. The first-order chi connectivity index (χ1) is 8.61. The summed E-state index contributed by atoms with van der Waals surface area (Å²) in [6.07, 6.45) is 6.56. The van der Waals surface area contributed by atoms with Gasteiger partial charge in [-0.2, -0.15) is 0 Å². The molecule has 0 aliphatic carbocycles.